The third-order valence-corrected chi connectivity index (χ3v) is 3.20. The topological polar surface area (TPSA) is 128 Å². The Kier molecular flexibility index (Phi) is 4.42. The van der Waals surface area contributed by atoms with Gasteiger partial charge >= 0.3 is 5.97 Å². The summed E-state index contributed by atoms with van der Waals surface area (Å²) in [7, 11) is 0. The van der Waals surface area contributed by atoms with Crippen LogP contribution in [0.15, 0.2) is 16.7 Å². The second-order valence-electron chi connectivity index (χ2n) is 3.76. The van der Waals surface area contributed by atoms with Gasteiger partial charge in [-0.25, -0.2) is 13.6 Å². The number of hydrogen-bond acceptors (Lipinski definition) is 6. The number of carbonyl (C=O) groups is 1. The van der Waals surface area contributed by atoms with Crippen LogP contribution in [0.3, 0.4) is 0 Å². The van der Waals surface area contributed by atoms with E-state index in [0.29, 0.717) is 6.07 Å². The van der Waals surface area contributed by atoms with Crippen molar-refractivity contribution in [3.05, 3.63) is 39.8 Å². The summed E-state index contributed by atoms with van der Waals surface area (Å²) in [5.41, 5.74) is -0.878. The van der Waals surface area contributed by atoms with E-state index in [-0.39, 0.29) is 17.1 Å². The number of carboxylic acid groups (broad SMARTS) is 1. The van der Waals surface area contributed by atoms with Crippen LogP contribution < -0.4 is 5.32 Å². The molecule has 3 N–H and O–H groups in total. The largest absolute Gasteiger partial charge is 0.478 e. The fourth-order valence-corrected chi connectivity index (χ4v) is 1.99. The molecule has 0 unspecified atom stereocenters. The summed E-state index contributed by atoms with van der Waals surface area (Å²) >= 11 is 2.77. The first-order valence-electron chi connectivity index (χ1n) is 5.47. The molecule has 0 aliphatic carbocycles. The van der Waals surface area contributed by atoms with Crippen LogP contribution in [0.25, 0.3) is 5.57 Å². The fraction of sp³-hybridized carbons (Fsp3) is 0. The van der Waals surface area contributed by atoms with Crippen molar-refractivity contribution in [2.24, 2.45) is 0 Å². The lowest BCUT2D eigenvalue weighted by Gasteiger charge is -2.10. The number of rotatable bonds is 4. The molecule has 22 heavy (non-hydrogen) atoms. The second-order valence-corrected chi connectivity index (χ2v) is 4.56. The molecular formula is C11H5BrF2N6O2. The summed E-state index contributed by atoms with van der Waals surface area (Å²) in [4.78, 5) is 11.1. The van der Waals surface area contributed by atoms with Crippen LogP contribution in [0.4, 0.5) is 14.5 Å². The monoisotopic (exact) mass is 370 g/mol. The minimum Gasteiger partial charge on any atom is -0.478 e. The molecule has 0 fully saturated rings. The molecule has 0 saturated heterocycles. The number of nitrogens with one attached hydrogen (secondary N) is 2. The lowest BCUT2D eigenvalue weighted by Crippen LogP contribution is -2.06. The molecule has 0 spiro atoms. The molecule has 0 radical (unpaired) electrons. The molecule has 8 nitrogen and oxygen atoms in total. The summed E-state index contributed by atoms with van der Waals surface area (Å²) in [6.45, 7) is 0. The van der Waals surface area contributed by atoms with Crippen LogP contribution in [-0.2, 0) is 0 Å². The molecule has 11 heteroatoms. The van der Waals surface area contributed by atoms with Crippen molar-refractivity contribution in [3.63, 3.8) is 0 Å². The highest BCUT2D eigenvalue weighted by molar-refractivity contribution is 9.10. The van der Waals surface area contributed by atoms with Gasteiger partial charge in [-0.3, -0.25) is 0 Å². The molecule has 0 saturated carbocycles. The predicted molar refractivity (Wildman–Crippen MR) is 72.4 cm³/mol. The molecule has 112 valence electrons. The average Bonchev–Trinajstić information content (AvgIpc) is 3.01. The molecule has 0 aliphatic heterocycles. The van der Waals surface area contributed by atoms with Crippen molar-refractivity contribution in [2.75, 3.05) is 5.32 Å². The van der Waals surface area contributed by atoms with E-state index < -0.39 is 27.6 Å². The number of H-pyrrole nitrogens is 1. The number of nitrogens with zero attached hydrogens (tertiary/aromatic N) is 4. The predicted octanol–water partition coefficient (Wildman–Crippen LogP) is 1.92. The van der Waals surface area contributed by atoms with E-state index in [0.717, 1.165) is 6.20 Å². The van der Waals surface area contributed by atoms with Crippen molar-refractivity contribution in [2.45, 2.75) is 0 Å². The van der Waals surface area contributed by atoms with Gasteiger partial charge in [-0.1, -0.05) is 0 Å². The van der Waals surface area contributed by atoms with Crippen LogP contribution in [0.1, 0.15) is 16.2 Å². The van der Waals surface area contributed by atoms with Crippen molar-refractivity contribution < 1.29 is 18.7 Å². The zero-order chi connectivity index (χ0) is 16.3. The van der Waals surface area contributed by atoms with E-state index in [1.807, 2.05) is 0 Å². The smallest absolute Gasteiger partial charge is 0.337 e. The van der Waals surface area contributed by atoms with Gasteiger partial charge in [0.15, 0.2) is 11.6 Å². The Bertz CT molecular complexity index is 800. The SMILES string of the molecule is N#CC(=CNc1c(C(=O)O)cc(F)c(F)c1Br)c1nn[nH]n1. The summed E-state index contributed by atoms with van der Waals surface area (Å²) in [5, 5.41) is 33.0. The number of allylic oxidation sites excluding steroid dienone is 1. The molecule has 0 aliphatic rings. The van der Waals surface area contributed by atoms with E-state index >= 15 is 0 Å². The van der Waals surface area contributed by atoms with Crippen LogP contribution in [-0.4, -0.2) is 31.7 Å². The highest BCUT2D eigenvalue weighted by Crippen LogP contribution is 2.32. The molecule has 0 amide bonds. The maximum atomic E-state index is 13.5. The van der Waals surface area contributed by atoms with Crippen molar-refractivity contribution >= 4 is 33.2 Å². The summed E-state index contributed by atoms with van der Waals surface area (Å²) in [6, 6.07) is 2.28. The minimum absolute atomic E-state index is 0.0504. The van der Waals surface area contributed by atoms with Gasteiger partial charge in [0.25, 0.3) is 0 Å². The zero-order valence-electron chi connectivity index (χ0n) is 10.4. The molecule has 0 bridgehead atoms. The Morgan fingerprint density at radius 3 is 2.82 bits per heavy atom. The number of anilines is 1. The number of carboxylic acids is 1. The van der Waals surface area contributed by atoms with Gasteiger partial charge in [-0.05, 0) is 27.2 Å². The van der Waals surface area contributed by atoms with Gasteiger partial charge in [0.05, 0.1) is 15.7 Å². The number of benzene rings is 1. The summed E-state index contributed by atoms with van der Waals surface area (Å²) in [6.07, 6.45) is 1.05. The average molecular weight is 371 g/mol. The van der Waals surface area contributed by atoms with E-state index in [9.17, 15) is 13.6 Å². The Balaban J connectivity index is 2.47. The molecule has 1 aromatic carbocycles. The Morgan fingerprint density at radius 1 is 1.55 bits per heavy atom. The molecule has 1 heterocycles. The van der Waals surface area contributed by atoms with Crippen LogP contribution in [0.5, 0.6) is 0 Å². The van der Waals surface area contributed by atoms with E-state index in [1.54, 1.807) is 6.07 Å². The Hall–Kier alpha value is -2.87. The van der Waals surface area contributed by atoms with Gasteiger partial charge in [0.1, 0.15) is 11.6 Å². The maximum absolute atomic E-state index is 13.5. The minimum atomic E-state index is -1.48. The van der Waals surface area contributed by atoms with E-state index in [4.69, 9.17) is 10.4 Å². The Labute approximate surface area is 129 Å². The number of aromatic carboxylic acids is 1. The standard InChI is InChI=1S/C11H5BrF2N6O2/c12-7-8(14)6(13)1-5(11(21)22)9(7)16-3-4(2-15)10-17-19-20-18-10/h1,3,16H,(H,21,22)(H,17,18,19,20). The van der Waals surface area contributed by atoms with Gasteiger partial charge in [-0.2, -0.15) is 10.5 Å². The lowest BCUT2D eigenvalue weighted by molar-refractivity contribution is 0.0697. The quantitative estimate of drug-likeness (QED) is 0.553. The Morgan fingerprint density at radius 2 is 2.27 bits per heavy atom. The molecule has 1 aromatic heterocycles. The normalized spacial score (nSPS) is 11.1. The number of aromatic nitrogens is 4. The van der Waals surface area contributed by atoms with Crippen molar-refractivity contribution in [1.82, 2.24) is 20.6 Å². The van der Waals surface area contributed by atoms with E-state index in [1.165, 1.54) is 0 Å². The third-order valence-electron chi connectivity index (χ3n) is 2.46. The van der Waals surface area contributed by atoms with Crippen molar-refractivity contribution in [1.29, 1.82) is 5.26 Å². The molecule has 0 atom stereocenters. The van der Waals surface area contributed by atoms with Gasteiger partial charge < -0.3 is 10.4 Å². The zero-order valence-corrected chi connectivity index (χ0v) is 12.0. The number of tetrazole rings is 1. The first-order chi connectivity index (χ1) is 10.5. The number of hydrogen-bond donors (Lipinski definition) is 3. The summed E-state index contributed by atoms with van der Waals surface area (Å²) in [5.74, 6) is -4.12. The highest BCUT2D eigenvalue weighted by atomic mass is 79.9. The second kappa shape index (κ2) is 6.27. The number of aromatic amines is 1. The van der Waals surface area contributed by atoms with Crippen LogP contribution in [0, 0.1) is 23.0 Å². The van der Waals surface area contributed by atoms with Gasteiger partial charge in [-0.15, -0.1) is 10.2 Å². The first-order valence-corrected chi connectivity index (χ1v) is 6.26. The number of nitriles is 1. The lowest BCUT2D eigenvalue weighted by atomic mass is 10.1. The summed E-state index contributed by atoms with van der Waals surface area (Å²) < 4.78 is 26.4. The van der Waals surface area contributed by atoms with Gasteiger partial charge in [0.2, 0.25) is 5.82 Å². The molecular weight excluding hydrogens is 366 g/mol. The van der Waals surface area contributed by atoms with Gasteiger partial charge in [0, 0.05) is 6.20 Å². The maximum Gasteiger partial charge on any atom is 0.337 e. The third kappa shape index (κ3) is 2.91. The number of halogens is 3. The highest BCUT2D eigenvalue weighted by Gasteiger charge is 2.20. The van der Waals surface area contributed by atoms with Crippen LogP contribution in [0.2, 0.25) is 0 Å². The molecule has 2 rings (SSSR count). The van der Waals surface area contributed by atoms with E-state index in [2.05, 4.69) is 41.9 Å². The first kappa shape index (κ1) is 15.5. The fourth-order valence-electron chi connectivity index (χ4n) is 1.47. The van der Waals surface area contributed by atoms with Crippen molar-refractivity contribution in [3.8, 4) is 6.07 Å². The van der Waals surface area contributed by atoms with Crippen LogP contribution >= 0.6 is 15.9 Å². The molecule has 2 aromatic rings.